The maximum Gasteiger partial charge on any atom is 0.274 e. The number of carbonyl (C=O) groups excluding carboxylic acids is 2. The van der Waals surface area contributed by atoms with Crippen LogP contribution in [0.3, 0.4) is 0 Å². The zero-order valence-electron chi connectivity index (χ0n) is 25.8. The van der Waals surface area contributed by atoms with E-state index in [1.807, 2.05) is 72.8 Å². The Bertz CT molecular complexity index is 2180. The fourth-order valence-corrected chi connectivity index (χ4v) is 5.58. The number of rotatable bonds is 10. The first-order chi connectivity index (χ1) is 23.5. The van der Waals surface area contributed by atoms with Crippen LogP contribution in [0.2, 0.25) is 0 Å². The molecular weight excluding hydrogens is 604 g/mol. The van der Waals surface area contributed by atoms with Gasteiger partial charge in [-0.25, -0.2) is 9.97 Å². The predicted molar refractivity (Wildman–Crippen MR) is 192 cm³/mol. The third-order valence-electron chi connectivity index (χ3n) is 7.84. The van der Waals surface area contributed by atoms with E-state index in [4.69, 9.17) is 21.4 Å². The van der Waals surface area contributed by atoms with Crippen molar-refractivity contribution in [2.75, 3.05) is 47.4 Å². The summed E-state index contributed by atoms with van der Waals surface area (Å²) in [6.45, 7) is 1.68. The third-order valence-corrected chi connectivity index (χ3v) is 7.84. The maximum absolute atomic E-state index is 13.7. The normalized spacial score (nSPS) is 11.2. The number of amides is 2. The molecular formula is C36H32N10O2. The number of hydrogen-bond acceptors (Lipinski definition) is 10. The van der Waals surface area contributed by atoms with Crippen LogP contribution in [-0.2, 0) is 0 Å². The van der Waals surface area contributed by atoms with Gasteiger partial charge in [-0.05, 0) is 48.5 Å². The smallest absolute Gasteiger partial charge is 0.274 e. The number of hydrogen-bond donors (Lipinski definition) is 6. The Morgan fingerprint density at radius 1 is 0.583 bits per heavy atom. The highest BCUT2D eigenvalue weighted by atomic mass is 16.2. The molecule has 7 rings (SSSR count). The van der Waals surface area contributed by atoms with Crippen LogP contribution in [0.15, 0.2) is 97.3 Å². The Balaban J connectivity index is 1.32. The van der Waals surface area contributed by atoms with E-state index in [0.29, 0.717) is 70.7 Å². The second kappa shape index (κ2) is 13.2. The van der Waals surface area contributed by atoms with Crippen molar-refractivity contribution in [2.24, 2.45) is 11.5 Å². The zero-order chi connectivity index (χ0) is 33.0. The van der Waals surface area contributed by atoms with Crippen molar-refractivity contribution in [1.29, 1.82) is 0 Å². The van der Waals surface area contributed by atoms with E-state index in [-0.39, 0.29) is 11.4 Å². The van der Waals surface area contributed by atoms with E-state index in [0.717, 1.165) is 21.8 Å². The number of para-hydroxylation sites is 2. The van der Waals surface area contributed by atoms with Crippen LogP contribution in [-0.4, -0.2) is 57.9 Å². The lowest BCUT2D eigenvalue weighted by Gasteiger charge is -2.16. The van der Waals surface area contributed by atoms with Crippen LogP contribution in [0.1, 0.15) is 21.0 Å². The molecule has 12 nitrogen and oxygen atoms in total. The average molecular weight is 637 g/mol. The van der Waals surface area contributed by atoms with Crippen molar-refractivity contribution in [2.45, 2.75) is 0 Å². The molecule has 7 aromatic rings. The molecule has 0 fully saturated rings. The summed E-state index contributed by atoms with van der Waals surface area (Å²) in [4.78, 5) is 45.9. The van der Waals surface area contributed by atoms with Gasteiger partial charge in [-0.2, -0.15) is 0 Å². The van der Waals surface area contributed by atoms with E-state index in [1.165, 1.54) is 0 Å². The van der Waals surface area contributed by atoms with Crippen molar-refractivity contribution in [3.05, 3.63) is 109 Å². The topological polar surface area (TPSA) is 186 Å². The number of anilines is 4. The molecule has 0 unspecified atom stereocenters. The van der Waals surface area contributed by atoms with E-state index in [1.54, 1.807) is 24.5 Å². The largest absolute Gasteiger partial charge is 0.383 e. The van der Waals surface area contributed by atoms with Gasteiger partial charge in [0.25, 0.3) is 11.8 Å². The van der Waals surface area contributed by atoms with Gasteiger partial charge in [-0.3, -0.25) is 19.6 Å². The molecule has 0 bridgehead atoms. The van der Waals surface area contributed by atoms with E-state index < -0.39 is 11.8 Å². The first kappa shape index (κ1) is 30.4. The summed E-state index contributed by atoms with van der Waals surface area (Å²) in [6, 6.07) is 26.2. The second-order valence-corrected chi connectivity index (χ2v) is 11.1. The van der Waals surface area contributed by atoms with Gasteiger partial charge in [-0.15, -0.1) is 0 Å². The number of aromatic nitrogens is 4. The summed E-state index contributed by atoms with van der Waals surface area (Å²) in [5, 5.41) is 15.7. The predicted octanol–water partition coefficient (Wildman–Crippen LogP) is 5.13. The van der Waals surface area contributed by atoms with Gasteiger partial charge in [0.1, 0.15) is 11.4 Å². The number of nitrogens with zero attached hydrogens (tertiary/aromatic N) is 4. The molecule has 0 radical (unpaired) electrons. The molecule has 12 heteroatoms. The molecule has 0 saturated heterocycles. The molecule has 0 aliphatic carbocycles. The minimum Gasteiger partial charge on any atom is -0.383 e. The summed E-state index contributed by atoms with van der Waals surface area (Å²) >= 11 is 0. The third kappa shape index (κ3) is 6.12. The van der Waals surface area contributed by atoms with Gasteiger partial charge in [0.15, 0.2) is 0 Å². The Kier molecular flexibility index (Phi) is 8.39. The lowest BCUT2D eigenvalue weighted by molar-refractivity contribution is 0.101. The summed E-state index contributed by atoms with van der Waals surface area (Å²) in [6.07, 6.45) is 3.22. The monoisotopic (exact) mass is 636 g/mol. The van der Waals surface area contributed by atoms with Gasteiger partial charge in [-0.1, -0.05) is 36.4 Å². The highest BCUT2D eigenvalue weighted by Crippen LogP contribution is 2.33. The second-order valence-electron chi connectivity index (χ2n) is 11.1. The number of nitrogens with one attached hydrogen (secondary N) is 4. The standard InChI is InChI=1S/C36H32N10O2/c37-11-13-39-29-17-31(35(47)43-23-15-21-5-1-3-7-27(21)41-19-23)45-33-25(29)9-10-26-30(40-14-12-38)18-32(46-34(26)33)36(48)44-24-16-22-6-2-4-8-28(22)42-20-24/h1-10,15-20H,11-14,37-38H2,(H,39,45)(H,40,46)(H,43,47)(H,44,48). The summed E-state index contributed by atoms with van der Waals surface area (Å²) in [5.41, 5.74) is 16.8. The molecule has 0 aliphatic heterocycles. The molecule has 0 spiro atoms. The lowest BCUT2D eigenvalue weighted by Crippen LogP contribution is -2.18. The first-order valence-corrected chi connectivity index (χ1v) is 15.5. The highest BCUT2D eigenvalue weighted by Gasteiger charge is 2.19. The van der Waals surface area contributed by atoms with Crippen molar-refractivity contribution < 1.29 is 9.59 Å². The average Bonchev–Trinajstić information content (AvgIpc) is 3.12. The van der Waals surface area contributed by atoms with Gasteiger partial charge < -0.3 is 32.7 Å². The molecule has 0 aliphatic rings. The number of benzene rings is 3. The summed E-state index contributed by atoms with van der Waals surface area (Å²) < 4.78 is 0. The van der Waals surface area contributed by atoms with E-state index >= 15 is 0 Å². The molecule has 238 valence electrons. The van der Waals surface area contributed by atoms with Crippen molar-refractivity contribution in [3.63, 3.8) is 0 Å². The van der Waals surface area contributed by atoms with Crippen LogP contribution >= 0.6 is 0 Å². The molecule has 2 amide bonds. The van der Waals surface area contributed by atoms with Crippen molar-refractivity contribution in [3.8, 4) is 0 Å². The molecule has 4 aromatic heterocycles. The minimum atomic E-state index is -0.430. The molecule has 0 saturated carbocycles. The van der Waals surface area contributed by atoms with Crippen molar-refractivity contribution >= 4 is 78.2 Å². The van der Waals surface area contributed by atoms with Crippen LogP contribution in [0.25, 0.3) is 43.6 Å². The fraction of sp³-hybridized carbons (Fsp3) is 0.111. The van der Waals surface area contributed by atoms with Crippen LogP contribution in [0.4, 0.5) is 22.7 Å². The zero-order valence-corrected chi connectivity index (χ0v) is 25.8. The fourth-order valence-electron chi connectivity index (χ4n) is 5.58. The number of nitrogens with two attached hydrogens (primary N) is 2. The Labute approximate surface area is 275 Å². The van der Waals surface area contributed by atoms with Crippen LogP contribution in [0.5, 0.6) is 0 Å². The molecule has 0 atom stereocenters. The summed E-state index contributed by atoms with van der Waals surface area (Å²) in [7, 11) is 0. The molecule has 3 aromatic carbocycles. The summed E-state index contributed by atoms with van der Waals surface area (Å²) in [5.74, 6) is -0.859. The minimum absolute atomic E-state index is 0.151. The Morgan fingerprint density at radius 3 is 1.46 bits per heavy atom. The van der Waals surface area contributed by atoms with Crippen molar-refractivity contribution in [1.82, 2.24) is 19.9 Å². The lowest BCUT2D eigenvalue weighted by atomic mass is 10.1. The van der Waals surface area contributed by atoms with Gasteiger partial charge in [0.05, 0.1) is 45.8 Å². The van der Waals surface area contributed by atoms with E-state index in [9.17, 15) is 9.59 Å². The van der Waals surface area contributed by atoms with Gasteiger partial charge in [0.2, 0.25) is 0 Å². The molecule has 8 N–H and O–H groups in total. The van der Waals surface area contributed by atoms with Crippen LogP contribution in [0, 0.1) is 0 Å². The Hall–Kier alpha value is -6.24. The van der Waals surface area contributed by atoms with Crippen LogP contribution < -0.4 is 32.7 Å². The first-order valence-electron chi connectivity index (χ1n) is 15.5. The maximum atomic E-state index is 13.7. The highest BCUT2D eigenvalue weighted by molar-refractivity contribution is 6.15. The SMILES string of the molecule is NCCNc1cc(C(=O)Nc2cnc3ccccc3c2)nc2c1ccc1c(NCCN)cc(C(=O)Nc3cnc4ccccc4c3)nc12. The molecule has 48 heavy (non-hydrogen) atoms. The number of pyridine rings is 4. The Morgan fingerprint density at radius 2 is 1.02 bits per heavy atom. The quantitative estimate of drug-likeness (QED) is 0.110. The van der Waals surface area contributed by atoms with Gasteiger partial charge >= 0.3 is 0 Å². The van der Waals surface area contributed by atoms with E-state index in [2.05, 4.69) is 31.2 Å². The van der Waals surface area contributed by atoms with Gasteiger partial charge in [0, 0.05) is 59.1 Å². The number of fused-ring (bicyclic) bond motifs is 5. The number of carbonyl (C=O) groups is 2. The molecule has 4 heterocycles.